The minimum absolute atomic E-state index is 0.0744. The molecule has 0 unspecified atom stereocenters. The molecule has 0 aromatic heterocycles. The van der Waals surface area contributed by atoms with Crippen LogP contribution in [0.4, 0.5) is 15.8 Å². The van der Waals surface area contributed by atoms with Crippen molar-refractivity contribution < 1.29 is 18.8 Å². The molecule has 1 amide bonds. The van der Waals surface area contributed by atoms with E-state index in [1.54, 1.807) is 6.08 Å². The molecular weight excluding hydrogens is 351 g/mol. The smallest absolute Gasteiger partial charge is 0.269 e. The number of benzene rings is 2. The fraction of sp³-hybridized carbons (Fsp3) is 0.118. The summed E-state index contributed by atoms with van der Waals surface area (Å²) in [7, 11) is 0. The fourth-order valence-electron chi connectivity index (χ4n) is 2.05. The second-order valence-electron chi connectivity index (χ2n) is 5.01. The minimum atomic E-state index is -0.587. The van der Waals surface area contributed by atoms with Crippen molar-refractivity contribution >= 4 is 28.9 Å². The van der Waals surface area contributed by atoms with Crippen LogP contribution in [0.15, 0.2) is 49.1 Å². The molecule has 0 spiro atoms. The van der Waals surface area contributed by atoms with Gasteiger partial charge in [0.15, 0.2) is 6.61 Å². The van der Waals surface area contributed by atoms with Crippen LogP contribution in [0.5, 0.6) is 5.75 Å². The van der Waals surface area contributed by atoms with Gasteiger partial charge in [-0.1, -0.05) is 17.7 Å². The van der Waals surface area contributed by atoms with E-state index in [1.165, 1.54) is 30.3 Å². The first-order valence-electron chi connectivity index (χ1n) is 7.16. The van der Waals surface area contributed by atoms with Gasteiger partial charge in [0.25, 0.3) is 11.6 Å². The van der Waals surface area contributed by atoms with Crippen molar-refractivity contribution in [1.29, 1.82) is 0 Å². The Morgan fingerprint density at radius 1 is 1.36 bits per heavy atom. The molecule has 2 aromatic carbocycles. The summed E-state index contributed by atoms with van der Waals surface area (Å²) in [6, 6.07) is 7.88. The van der Waals surface area contributed by atoms with Crippen molar-refractivity contribution in [3.8, 4) is 5.75 Å². The molecule has 0 saturated heterocycles. The molecule has 2 rings (SSSR count). The van der Waals surface area contributed by atoms with Crippen LogP contribution in [-0.2, 0) is 11.2 Å². The third kappa shape index (κ3) is 5.02. The Bertz CT molecular complexity index is 826. The standard InChI is InChI=1S/C17H14ClFN2O4/c1-2-3-11-8-13(21(23)24)5-7-16(11)25-10-17(22)20-12-4-6-15(19)14(18)9-12/h2,4-9H,1,3,10H2,(H,20,22). The summed E-state index contributed by atoms with van der Waals surface area (Å²) in [5, 5.41) is 13.2. The molecule has 25 heavy (non-hydrogen) atoms. The first-order chi connectivity index (χ1) is 11.9. The highest BCUT2D eigenvalue weighted by atomic mass is 35.5. The van der Waals surface area contributed by atoms with Crippen LogP contribution in [0, 0.1) is 15.9 Å². The van der Waals surface area contributed by atoms with E-state index in [9.17, 15) is 19.3 Å². The zero-order valence-electron chi connectivity index (χ0n) is 13.0. The molecule has 2 aromatic rings. The van der Waals surface area contributed by atoms with Gasteiger partial charge < -0.3 is 10.1 Å². The number of nitrogens with zero attached hydrogens (tertiary/aromatic N) is 1. The summed E-state index contributed by atoms with van der Waals surface area (Å²) in [4.78, 5) is 22.2. The van der Waals surface area contributed by atoms with Crippen LogP contribution in [-0.4, -0.2) is 17.4 Å². The van der Waals surface area contributed by atoms with E-state index in [1.807, 2.05) is 0 Å². The quantitative estimate of drug-likeness (QED) is 0.455. The number of allylic oxidation sites excluding steroid dienone is 1. The van der Waals surface area contributed by atoms with Crippen molar-refractivity contribution in [3.05, 3.63) is 75.6 Å². The molecule has 130 valence electrons. The van der Waals surface area contributed by atoms with Gasteiger partial charge >= 0.3 is 0 Å². The molecule has 0 heterocycles. The molecule has 8 heteroatoms. The molecule has 6 nitrogen and oxygen atoms in total. The highest BCUT2D eigenvalue weighted by Crippen LogP contribution is 2.25. The first kappa shape index (κ1) is 18.4. The van der Waals surface area contributed by atoms with Crippen LogP contribution in [0.1, 0.15) is 5.56 Å². The summed E-state index contributed by atoms with van der Waals surface area (Å²) < 4.78 is 18.5. The molecule has 0 fully saturated rings. The molecular formula is C17H14ClFN2O4. The van der Waals surface area contributed by atoms with E-state index in [0.717, 1.165) is 6.07 Å². The fourth-order valence-corrected chi connectivity index (χ4v) is 2.23. The molecule has 0 aliphatic carbocycles. The van der Waals surface area contributed by atoms with Crippen LogP contribution in [0.25, 0.3) is 0 Å². The van der Waals surface area contributed by atoms with Gasteiger partial charge in [-0.15, -0.1) is 6.58 Å². The maximum atomic E-state index is 13.1. The van der Waals surface area contributed by atoms with Crippen LogP contribution < -0.4 is 10.1 Å². The van der Waals surface area contributed by atoms with E-state index in [-0.39, 0.29) is 17.3 Å². The number of carbonyl (C=O) groups excluding carboxylic acids is 1. The number of ether oxygens (including phenoxy) is 1. The zero-order valence-corrected chi connectivity index (χ0v) is 13.8. The number of nitrogens with one attached hydrogen (secondary N) is 1. The Kier molecular flexibility index (Phi) is 6.08. The van der Waals surface area contributed by atoms with E-state index in [2.05, 4.69) is 11.9 Å². The molecule has 0 aliphatic rings. The summed E-state index contributed by atoms with van der Waals surface area (Å²) in [6.45, 7) is 3.27. The normalized spacial score (nSPS) is 10.2. The van der Waals surface area contributed by atoms with Gasteiger partial charge in [-0.25, -0.2) is 4.39 Å². The number of amides is 1. The van der Waals surface area contributed by atoms with Crippen LogP contribution in [0.2, 0.25) is 5.02 Å². The number of halogens is 2. The maximum absolute atomic E-state index is 13.1. The second-order valence-corrected chi connectivity index (χ2v) is 5.41. The SMILES string of the molecule is C=CCc1cc([N+](=O)[O-])ccc1OCC(=O)Nc1ccc(F)c(Cl)c1. The van der Waals surface area contributed by atoms with Crippen molar-refractivity contribution in [2.24, 2.45) is 0 Å². The second kappa shape index (κ2) is 8.25. The highest BCUT2D eigenvalue weighted by molar-refractivity contribution is 6.31. The zero-order chi connectivity index (χ0) is 18.4. The van der Waals surface area contributed by atoms with Crippen molar-refractivity contribution in [2.75, 3.05) is 11.9 Å². The molecule has 0 aliphatic heterocycles. The van der Waals surface area contributed by atoms with Gasteiger partial charge in [-0.05, 0) is 30.7 Å². The number of hydrogen-bond acceptors (Lipinski definition) is 4. The summed E-state index contributed by atoms with van der Waals surface area (Å²) in [5.74, 6) is -0.723. The third-order valence-corrected chi connectivity index (χ3v) is 3.47. The van der Waals surface area contributed by atoms with Crippen LogP contribution >= 0.6 is 11.6 Å². The predicted octanol–water partition coefficient (Wildman–Crippen LogP) is 4.13. The first-order valence-corrected chi connectivity index (χ1v) is 7.54. The Morgan fingerprint density at radius 2 is 2.12 bits per heavy atom. The molecule has 0 bridgehead atoms. The van der Waals surface area contributed by atoms with Crippen molar-refractivity contribution in [1.82, 2.24) is 0 Å². The maximum Gasteiger partial charge on any atom is 0.269 e. The lowest BCUT2D eigenvalue weighted by atomic mass is 10.1. The number of carbonyl (C=O) groups is 1. The number of rotatable bonds is 7. The van der Waals surface area contributed by atoms with Gasteiger partial charge in [0.1, 0.15) is 11.6 Å². The van der Waals surface area contributed by atoms with Gasteiger partial charge in [-0.3, -0.25) is 14.9 Å². The summed E-state index contributed by atoms with van der Waals surface area (Å²) in [5.41, 5.74) is 0.798. The van der Waals surface area contributed by atoms with E-state index in [0.29, 0.717) is 23.4 Å². The average Bonchev–Trinajstić information content (AvgIpc) is 2.57. The highest BCUT2D eigenvalue weighted by Gasteiger charge is 2.12. The average molecular weight is 365 g/mol. The molecule has 0 radical (unpaired) electrons. The number of anilines is 1. The summed E-state index contributed by atoms with van der Waals surface area (Å²) in [6.07, 6.45) is 1.93. The monoisotopic (exact) mass is 364 g/mol. The Balaban J connectivity index is 2.04. The van der Waals surface area contributed by atoms with Gasteiger partial charge in [0.2, 0.25) is 0 Å². The van der Waals surface area contributed by atoms with E-state index < -0.39 is 16.6 Å². The number of hydrogen-bond donors (Lipinski definition) is 1. The molecule has 0 saturated carbocycles. The Hall–Kier alpha value is -2.93. The lowest BCUT2D eigenvalue weighted by Gasteiger charge is -2.11. The lowest BCUT2D eigenvalue weighted by molar-refractivity contribution is -0.384. The Labute approximate surface area is 148 Å². The number of nitro benzene ring substituents is 1. The number of non-ortho nitro benzene ring substituents is 1. The van der Waals surface area contributed by atoms with E-state index in [4.69, 9.17) is 16.3 Å². The van der Waals surface area contributed by atoms with Crippen LogP contribution in [0.3, 0.4) is 0 Å². The third-order valence-electron chi connectivity index (χ3n) is 3.18. The largest absolute Gasteiger partial charge is 0.483 e. The predicted molar refractivity (Wildman–Crippen MR) is 92.5 cm³/mol. The van der Waals surface area contributed by atoms with Gasteiger partial charge in [0, 0.05) is 23.4 Å². The summed E-state index contributed by atoms with van der Waals surface area (Å²) >= 11 is 5.64. The minimum Gasteiger partial charge on any atom is -0.483 e. The molecule has 1 N–H and O–H groups in total. The number of nitro groups is 1. The van der Waals surface area contributed by atoms with Gasteiger partial charge in [-0.2, -0.15) is 0 Å². The van der Waals surface area contributed by atoms with E-state index >= 15 is 0 Å². The van der Waals surface area contributed by atoms with Gasteiger partial charge in [0.05, 0.1) is 9.95 Å². The molecule has 0 atom stereocenters. The topological polar surface area (TPSA) is 81.5 Å². The van der Waals surface area contributed by atoms with Crippen molar-refractivity contribution in [2.45, 2.75) is 6.42 Å². The Morgan fingerprint density at radius 3 is 2.76 bits per heavy atom. The lowest BCUT2D eigenvalue weighted by Crippen LogP contribution is -2.20. The van der Waals surface area contributed by atoms with Crippen molar-refractivity contribution in [3.63, 3.8) is 0 Å².